The van der Waals surface area contributed by atoms with E-state index in [0.29, 0.717) is 0 Å². The molecule has 84 heavy (non-hydrogen) atoms. The van der Waals surface area contributed by atoms with Crippen LogP contribution >= 0.6 is 0 Å². The van der Waals surface area contributed by atoms with Crippen molar-refractivity contribution in [1.82, 2.24) is 0 Å². The number of anilines is 6. The molecule has 4 heteroatoms. The summed E-state index contributed by atoms with van der Waals surface area (Å²) >= 11 is 0. The molecule has 0 unspecified atom stereocenters. The van der Waals surface area contributed by atoms with Gasteiger partial charge in [-0.1, -0.05) is 269 Å². The molecule has 0 saturated carbocycles. The van der Waals surface area contributed by atoms with Gasteiger partial charge in [0.2, 0.25) is 13.4 Å². The van der Waals surface area contributed by atoms with Crippen molar-refractivity contribution in [3.63, 3.8) is 0 Å². The summed E-state index contributed by atoms with van der Waals surface area (Å²) in [6.45, 7) is 27.4. The molecule has 2 nitrogen and oxygen atoms in total. The Balaban J connectivity index is 1.22. The van der Waals surface area contributed by atoms with Crippen LogP contribution in [0.4, 0.5) is 34.1 Å². The first-order valence-corrected chi connectivity index (χ1v) is 29.9. The van der Waals surface area contributed by atoms with Gasteiger partial charge in [0, 0.05) is 33.9 Å². The highest BCUT2D eigenvalue weighted by Crippen LogP contribution is 2.51. The van der Waals surface area contributed by atoms with Crippen molar-refractivity contribution in [3.05, 3.63) is 297 Å². The van der Waals surface area contributed by atoms with Gasteiger partial charge in [0.05, 0.1) is 11.4 Å². The molecule has 0 radical (unpaired) electrons. The molecule has 0 aliphatic heterocycles. The summed E-state index contributed by atoms with van der Waals surface area (Å²) in [5.41, 5.74) is 32.6. The Morgan fingerprint density at radius 2 is 0.476 bits per heavy atom. The van der Waals surface area contributed by atoms with Gasteiger partial charge < -0.3 is 9.80 Å². The number of benzene rings is 12. The normalized spacial score (nSPS) is 11.3. The molecule has 12 aromatic rings. The van der Waals surface area contributed by atoms with Gasteiger partial charge in [-0.3, -0.25) is 0 Å². The molecule has 0 amide bonds. The number of fused-ring (bicyclic) bond motifs is 2. The predicted octanol–water partition coefficient (Wildman–Crippen LogP) is 17.3. The van der Waals surface area contributed by atoms with E-state index in [4.69, 9.17) is 0 Å². The van der Waals surface area contributed by atoms with E-state index in [1.54, 1.807) is 0 Å². The monoisotopic (exact) mass is 1080 g/mol. The van der Waals surface area contributed by atoms with Crippen LogP contribution < -0.4 is 42.6 Å². The van der Waals surface area contributed by atoms with Gasteiger partial charge >= 0.3 is 0 Å². The fraction of sp³-hybridized carbons (Fsp3) is 0.150. The molecule has 0 bridgehead atoms. The average molecular weight is 1090 g/mol. The Morgan fingerprint density at radius 3 is 0.714 bits per heavy atom. The van der Waals surface area contributed by atoms with E-state index in [0.717, 1.165) is 45.3 Å². The first-order chi connectivity index (χ1) is 40.6. The fourth-order valence-electron chi connectivity index (χ4n) is 14.6. The van der Waals surface area contributed by atoms with Crippen LogP contribution in [0.15, 0.2) is 231 Å². The SMILES string of the molecule is Cc1cc(C)c(B(c2ccc3c(-c4c(N(c5ccccc5)c5ccccc5)ccc5cc(B(c6c(C)cc(C)cc6C)c6c(C)cc(C)cc6C)ccc45)c(N(c4ccccc4)c4ccccc4)ccc3c2)c2c(C)cc(C)cc2C)c(C)c1. The van der Waals surface area contributed by atoms with E-state index in [1.807, 2.05) is 0 Å². The molecular weight excluding hydrogens is 1010 g/mol. The van der Waals surface area contributed by atoms with E-state index in [1.165, 1.54) is 121 Å². The fourth-order valence-corrected chi connectivity index (χ4v) is 14.6. The van der Waals surface area contributed by atoms with Crippen LogP contribution in [0.25, 0.3) is 32.7 Å². The minimum Gasteiger partial charge on any atom is -0.310 e. The zero-order chi connectivity index (χ0) is 58.5. The van der Waals surface area contributed by atoms with Crippen LogP contribution in [0.5, 0.6) is 0 Å². The Kier molecular flexibility index (Phi) is 15.1. The quantitative estimate of drug-likeness (QED) is 0.106. The van der Waals surface area contributed by atoms with Crippen LogP contribution in [-0.2, 0) is 0 Å². The van der Waals surface area contributed by atoms with Crippen molar-refractivity contribution in [2.75, 3.05) is 9.80 Å². The molecule has 0 heterocycles. The molecule has 12 rings (SSSR count). The minimum atomic E-state index is 0.0107. The molecule has 0 saturated heterocycles. The summed E-state index contributed by atoms with van der Waals surface area (Å²) in [4.78, 5) is 4.94. The van der Waals surface area contributed by atoms with Gasteiger partial charge in [0.1, 0.15) is 0 Å². The first-order valence-electron chi connectivity index (χ1n) is 29.9. The number of rotatable bonds is 13. The van der Waals surface area contributed by atoms with Crippen molar-refractivity contribution in [1.29, 1.82) is 0 Å². The van der Waals surface area contributed by atoms with Gasteiger partial charge in [-0.05, 0) is 165 Å². The highest BCUT2D eigenvalue weighted by Gasteiger charge is 2.33. The first kappa shape index (κ1) is 55.4. The van der Waals surface area contributed by atoms with E-state index in [2.05, 4.69) is 323 Å². The topological polar surface area (TPSA) is 6.48 Å². The Morgan fingerprint density at radius 1 is 0.238 bits per heavy atom. The molecule has 0 atom stereocenters. The molecule has 0 fully saturated rings. The smallest absolute Gasteiger partial charge is 0.242 e. The second kappa shape index (κ2) is 22.9. The lowest BCUT2D eigenvalue weighted by Gasteiger charge is -2.33. The van der Waals surface area contributed by atoms with E-state index >= 15 is 0 Å². The number of nitrogens with zero attached hydrogens (tertiary/aromatic N) is 2. The van der Waals surface area contributed by atoms with Gasteiger partial charge in [-0.25, -0.2) is 0 Å². The van der Waals surface area contributed by atoms with Crippen molar-refractivity contribution < 1.29 is 0 Å². The van der Waals surface area contributed by atoms with Crippen LogP contribution in [0.2, 0.25) is 0 Å². The van der Waals surface area contributed by atoms with E-state index < -0.39 is 0 Å². The second-order valence-corrected chi connectivity index (χ2v) is 24.0. The Bertz CT molecular complexity index is 3880. The van der Waals surface area contributed by atoms with Crippen LogP contribution in [-0.4, -0.2) is 13.4 Å². The summed E-state index contributed by atoms with van der Waals surface area (Å²) in [6.07, 6.45) is 0. The maximum Gasteiger partial charge on any atom is 0.242 e. The maximum absolute atomic E-state index is 2.51. The van der Waals surface area contributed by atoms with Gasteiger partial charge in [-0.15, -0.1) is 0 Å². The molecule has 12 aromatic carbocycles. The minimum absolute atomic E-state index is 0.0107. The second-order valence-electron chi connectivity index (χ2n) is 24.0. The van der Waals surface area contributed by atoms with Crippen molar-refractivity contribution in [2.45, 2.75) is 83.1 Å². The van der Waals surface area contributed by atoms with Gasteiger partial charge in [-0.2, -0.15) is 0 Å². The third kappa shape index (κ3) is 10.3. The largest absolute Gasteiger partial charge is 0.310 e. The average Bonchev–Trinajstić information content (AvgIpc) is 1.01. The lowest BCUT2D eigenvalue weighted by molar-refractivity contribution is 1.27. The number of hydrogen-bond acceptors (Lipinski definition) is 2. The third-order valence-corrected chi connectivity index (χ3v) is 17.6. The van der Waals surface area contributed by atoms with Crippen molar-refractivity contribution >= 4 is 102 Å². The summed E-state index contributed by atoms with van der Waals surface area (Å²) in [5, 5.41) is 4.72. The molecule has 0 N–H and O–H groups in total. The molecular formula is C80H74B2N2. The van der Waals surface area contributed by atoms with Crippen molar-refractivity contribution in [2.24, 2.45) is 0 Å². The zero-order valence-corrected chi connectivity index (χ0v) is 51.0. The standard InChI is InChI=1S/C80H74B2N2/c1-51-41-55(5)77(56(6)42-51)81(78-57(7)43-52(2)44-58(78)8)65-35-37-71-63(49-65)33-39-73(83(67-25-17-13-18-26-67)68-27-19-14-20-28-68)75(71)76-72-38-36-66(82(79-59(9)45-53(3)46-60(79)10)80-61(11)47-54(4)48-62(80)12)50-64(72)34-40-74(76)84(69-29-21-15-22-30-69)70-31-23-16-24-32-70/h13-50H,1-12H3. The highest BCUT2D eigenvalue weighted by atomic mass is 15.2. The van der Waals surface area contributed by atoms with Crippen LogP contribution in [0.1, 0.15) is 66.8 Å². The molecule has 0 aliphatic carbocycles. The lowest BCUT2D eigenvalue weighted by atomic mass is 9.34. The summed E-state index contributed by atoms with van der Waals surface area (Å²) in [7, 11) is 0. The van der Waals surface area contributed by atoms with E-state index in [9.17, 15) is 0 Å². The highest BCUT2D eigenvalue weighted by molar-refractivity contribution is 6.97. The summed E-state index contributed by atoms with van der Waals surface area (Å²) in [5.74, 6) is 0. The number of para-hydroxylation sites is 4. The van der Waals surface area contributed by atoms with Crippen LogP contribution in [0, 0.1) is 83.1 Å². The predicted molar refractivity (Wildman–Crippen MR) is 368 cm³/mol. The number of aryl methyl sites for hydroxylation is 12. The van der Waals surface area contributed by atoms with Gasteiger partial charge in [0.25, 0.3) is 0 Å². The maximum atomic E-state index is 2.51. The number of hydrogen-bond donors (Lipinski definition) is 0. The summed E-state index contributed by atoms with van der Waals surface area (Å²) < 4.78 is 0. The molecule has 0 aromatic heterocycles. The lowest BCUT2D eigenvalue weighted by Crippen LogP contribution is -2.55. The summed E-state index contributed by atoms with van der Waals surface area (Å²) in [6, 6.07) is 87.0. The van der Waals surface area contributed by atoms with Crippen LogP contribution in [0.3, 0.4) is 0 Å². The Hall–Kier alpha value is -9.11. The van der Waals surface area contributed by atoms with Gasteiger partial charge in [0.15, 0.2) is 0 Å². The molecule has 410 valence electrons. The Labute approximate surface area is 500 Å². The molecule has 0 aliphatic rings. The van der Waals surface area contributed by atoms with Crippen molar-refractivity contribution in [3.8, 4) is 11.1 Å². The third-order valence-electron chi connectivity index (χ3n) is 17.6. The zero-order valence-electron chi connectivity index (χ0n) is 51.0. The van der Waals surface area contributed by atoms with E-state index in [-0.39, 0.29) is 13.4 Å². The molecule has 0 spiro atoms.